The molecule has 6 aromatic carbocycles. The molecule has 10 rings (SSSR count). The zero-order chi connectivity index (χ0) is 33.1. The van der Waals surface area contributed by atoms with E-state index in [0.29, 0.717) is 0 Å². The van der Waals surface area contributed by atoms with Crippen LogP contribution in [0.25, 0.3) is 72.4 Å². The first-order valence-electron chi connectivity index (χ1n) is 17.2. The monoisotopic (exact) mass is 629 g/mol. The Morgan fingerprint density at radius 1 is 0.490 bits per heavy atom. The minimum absolute atomic E-state index is 0.107. The summed E-state index contributed by atoms with van der Waals surface area (Å²) in [6.07, 6.45) is 2.04. The lowest BCUT2D eigenvalue weighted by Gasteiger charge is -2.31. The fraction of sp³-hybridized carbons (Fsp3) is 0.130. The van der Waals surface area contributed by atoms with Gasteiger partial charge in [-0.3, -0.25) is 0 Å². The zero-order valence-corrected chi connectivity index (χ0v) is 28.1. The zero-order valence-electron chi connectivity index (χ0n) is 28.1. The number of para-hydroxylation sites is 1. The van der Waals surface area contributed by atoms with Crippen molar-refractivity contribution in [2.45, 2.75) is 38.5 Å². The van der Waals surface area contributed by atoms with E-state index in [-0.39, 0.29) is 10.8 Å². The van der Waals surface area contributed by atoms with Crippen LogP contribution in [0.5, 0.6) is 0 Å². The molecule has 2 aliphatic rings. The predicted molar refractivity (Wildman–Crippen MR) is 202 cm³/mol. The van der Waals surface area contributed by atoms with Crippen molar-refractivity contribution in [1.82, 2.24) is 14.5 Å². The standard InChI is InChI=1S/C46H35N3/c1-45(2)36-21-13-11-19-30(36)32-23-24-33-34-25-26-35-31-20-12-14-22-37(31)49(43(35)41(34)46(3,4)40(33)39(32)45)38-27-47-44(29-17-9-6-10-18-29)48-42(38)28-15-7-5-8-16-28/h5-27H,1-4H3. The van der Waals surface area contributed by atoms with Gasteiger partial charge in [0.05, 0.1) is 28.6 Å². The summed E-state index contributed by atoms with van der Waals surface area (Å²) in [6.45, 7) is 9.68. The molecule has 8 aromatic rings. The molecule has 3 heteroatoms. The largest absolute Gasteiger partial charge is 0.305 e. The minimum Gasteiger partial charge on any atom is -0.305 e. The third-order valence-electron chi connectivity index (χ3n) is 11.2. The van der Waals surface area contributed by atoms with Crippen LogP contribution in [0.2, 0.25) is 0 Å². The van der Waals surface area contributed by atoms with Crippen molar-refractivity contribution >= 4 is 21.8 Å². The van der Waals surface area contributed by atoms with Crippen LogP contribution in [0.3, 0.4) is 0 Å². The van der Waals surface area contributed by atoms with Gasteiger partial charge < -0.3 is 4.57 Å². The Morgan fingerprint density at radius 2 is 1.08 bits per heavy atom. The summed E-state index contributed by atoms with van der Waals surface area (Å²) in [5.41, 5.74) is 17.1. The lowest BCUT2D eigenvalue weighted by molar-refractivity contribution is 0.603. The Bertz CT molecular complexity index is 2640. The third-order valence-corrected chi connectivity index (χ3v) is 11.2. The normalized spacial score (nSPS) is 14.9. The number of aromatic nitrogens is 3. The van der Waals surface area contributed by atoms with Gasteiger partial charge in [0.1, 0.15) is 0 Å². The SMILES string of the molecule is CC1(C)c2ccccc2-c2ccc3c(c21)C(C)(C)c1c-3ccc2c3ccccc3n(-c3cnc(-c4ccccc4)nc3-c3ccccc3)c12. The van der Waals surface area contributed by atoms with Crippen LogP contribution in [0.4, 0.5) is 0 Å². The molecule has 0 N–H and O–H groups in total. The molecule has 49 heavy (non-hydrogen) atoms. The molecule has 2 aliphatic carbocycles. The van der Waals surface area contributed by atoms with Crippen LogP contribution in [0.15, 0.2) is 140 Å². The fourth-order valence-electron chi connectivity index (χ4n) is 9.11. The second-order valence-corrected chi connectivity index (χ2v) is 14.6. The number of benzene rings is 6. The Kier molecular flexibility index (Phi) is 5.69. The molecule has 0 saturated heterocycles. The molecule has 0 radical (unpaired) electrons. The molecule has 0 unspecified atom stereocenters. The maximum atomic E-state index is 5.31. The summed E-state index contributed by atoms with van der Waals surface area (Å²) in [5, 5.41) is 2.48. The van der Waals surface area contributed by atoms with Crippen LogP contribution < -0.4 is 0 Å². The van der Waals surface area contributed by atoms with Crippen molar-refractivity contribution in [3.8, 4) is 50.6 Å². The van der Waals surface area contributed by atoms with Crippen LogP contribution >= 0.6 is 0 Å². The summed E-state index contributed by atoms with van der Waals surface area (Å²) in [5.74, 6) is 0.722. The molecular formula is C46H35N3. The van der Waals surface area contributed by atoms with Crippen LogP contribution in [0.1, 0.15) is 49.9 Å². The lowest BCUT2D eigenvalue weighted by atomic mass is 9.72. The average molecular weight is 630 g/mol. The second kappa shape index (κ2) is 9.87. The predicted octanol–water partition coefficient (Wildman–Crippen LogP) is 11.5. The van der Waals surface area contributed by atoms with E-state index in [1.165, 1.54) is 60.8 Å². The number of fused-ring (bicyclic) bond motifs is 11. The van der Waals surface area contributed by atoms with E-state index in [2.05, 4.69) is 148 Å². The van der Waals surface area contributed by atoms with E-state index in [1.807, 2.05) is 24.4 Å². The highest BCUT2D eigenvalue weighted by Gasteiger charge is 2.47. The average Bonchev–Trinajstić information content (AvgIpc) is 3.69. The van der Waals surface area contributed by atoms with Crippen molar-refractivity contribution in [2.24, 2.45) is 0 Å². The van der Waals surface area contributed by atoms with E-state index < -0.39 is 0 Å². The number of hydrogen-bond donors (Lipinski definition) is 0. The van der Waals surface area contributed by atoms with Gasteiger partial charge in [-0.15, -0.1) is 0 Å². The van der Waals surface area contributed by atoms with E-state index in [9.17, 15) is 0 Å². The Hall–Kier alpha value is -5.80. The van der Waals surface area contributed by atoms with E-state index in [1.54, 1.807) is 0 Å². The van der Waals surface area contributed by atoms with Crippen molar-refractivity contribution < 1.29 is 0 Å². The topological polar surface area (TPSA) is 30.7 Å². The molecule has 2 aromatic heterocycles. The van der Waals surface area contributed by atoms with Gasteiger partial charge in [-0.05, 0) is 50.6 Å². The number of nitrogens with zero attached hydrogens (tertiary/aromatic N) is 3. The van der Waals surface area contributed by atoms with Crippen molar-refractivity contribution in [3.05, 3.63) is 162 Å². The maximum Gasteiger partial charge on any atom is 0.159 e. The van der Waals surface area contributed by atoms with Gasteiger partial charge >= 0.3 is 0 Å². The van der Waals surface area contributed by atoms with E-state index in [0.717, 1.165) is 33.8 Å². The van der Waals surface area contributed by atoms with Gasteiger partial charge in [-0.25, -0.2) is 9.97 Å². The van der Waals surface area contributed by atoms with Gasteiger partial charge in [0.15, 0.2) is 5.82 Å². The molecular weight excluding hydrogens is 595 g/mol. The maximum absolute atomic E-state index is 5.31. The van der Waals surface area contributed by atoms with Crippen molar-refractivity contribution in [3.63, 3.8) is 0 Å². The van der Waals surface area contributed by atoms with Crippen molar-refractivity contribution in [2.75, 3.05) is 0 Å². The lowest BCUT2D eigenvalue weighted by Crippen LogP contribution is -2.24. The Morgan fingerprint density at radius 3 is 1.86 bits per heavy atom. The highest BCUT2D eigenvalue weighted by Crippen LogP contribution is 2.60. The first kappa shape index (κ1) is 28.2. The molecule has 0 saturated carbocycles. The molecule has 3 nitrogen and oxygen atoms in total. The summed E-state index contributed by atoms with van der Waals surface area (Å²) in [7, 11) is 0. The molecule has 0 amide bonds. The van der Waals surface area contributed by atoms with Crippen molar-refractivity contribution in [1.29, 1.82) is 0 Å². The molecule has 0 bridgehead atoms. The highest BCUT2D eigenvalue weighted by molar-refractivity contribution is 6.13. The quantitative estimate of drug-likeness (QED) is 0.195. The smallest absolute Gasteiger partial charge is 0.159 e. The van der Waals surface area contributed by atoms with Gasteiger partial charge in [-0.2, -0.15) is 0 Å². The fourth-order valence-corrected chi connectivity index (χ4v) is 9.11. The van der Waals surface area contributed by atoms with Crippen LogP contribution in [-0.4, -0.2) is 14.5 Å². The Balaban J connectivity index is 1.30. The van der Waals surface area contributed by atoms with E-state index in [4.69, 9.17) is 9.97 Å². The van der Waals surface area contributed by atoms with Gasteiger partial charge in [0, 0.05) is 32.7 Å². The minimum atomic E-state index is -0.265. The first-order chi connectivity index (χ1) is 23.9. The second-order valence-electron chi connectivity index (χ2n) is 14.6. The van der Waals surface area contributed by atoms with E-state index >= 15 is 0 Å². The summed E-state index contributed by atoms with van der Waals surface area (Å²) >= 11 is 0. The highest BCUT2D eigenvalue weighted by atomic mass is 15.0. The molecule has 0 aliphatic heterocycles. The molecule has 0 atom stereocenters. The van der Waals surface area contributed by atoms with Crippen LogP contribution in [-0.2, 0) is 10.8 Å². The third kappa shape index (κ3) is 3.73. The summed E-state index contributed by atoms with van der Waals surface area (Å²) < 4.78 is 2.45. The molecule has 0 spiro atoms. The van der Waals surface area contributed by atoms with Gasteiger partial charge in [0.25, 0.3) is 0 Å². The Labute approximate surface area is 286 Å². The van der Waals surface area contributed by atoms with Gasteiger partial charge in [0.2, 0.25) is 0 Å². The summed E-state index contributed by atoms with van der Waals surface area (Å²) in [4.78, 5) is 10.3. The van der Waals surface area contributed by atoms with Crippen LogP contribution in [0, 0.1) is 0 Å². The first-order valence-corrected chi connectivity index (χ1v) is 17.2. The number of rotatable bonds is 3. The number of hydrogen-bond acceptors (Lipinski definition) is 2. The molecule has 2 heterocycles. The van der Waals surface area contributed by atoms with Gasteiger partial charge in [-0.1, -0.05) is 155 Å². The molecule has 0 fully saturated rings. The molecule has 234 valence electrons. The summed E-state index contributed by atoms with van der Waals surface area (Å²) in [6, 6.07) is 48.1.